The summed E-state index contributed by atoms with van der Waals surface area (Å²) in [6.07, 6.45) is -4.28. The first-order valence-corrected chi connectivity index (χ1v) is 4.55. The van der Waals surface area contributed by atoms with E-state index >= 15 is 0 Å². The Balaban J connectivity index is 2.83. The zero-order valence-electron chi connectivity index (χ0n) is 8.10. The maximum atomic E-state index is 12.6. The van der Waals surface area contributed by atoms with Crippen LogP contribution in [0, 0.1) is 6.92 Å². The maximum absolute atomic E-state index is 12.6. The van der Waals surface area contributed by atoms with Crippen LogP contribution in [0.4, 0.5) is 13.2 Å². The van der Waals surface area contributed by atoms with Gasteiger partial charge in [-0.25, -0.2) is 0 Å². The Morgan fingerprint density at radius 3 is 2.13 bits per heavy atom. The third kappa shape index (κ3) is 1.69. The Hall–Kier alpha value is -1.51. The lowest BCUT2D eigenvalue weighted by molar-refractivity contribution is -0.136. The number of hydrogen-bond donors (Lipinski definition) is 0. The predicted molar refractivity (Wildman–Crippen MR) is 53.7 cm³/mol. The molecule has 78 valence electrons. The van der Waals surface area contributed by atoms with Crippen molar-refractivity contribution in [2.45, 2.75) is 13.1 Å². The molecule has 0 unspecified atom stereocenters. The highest BCUT2D eigenvalue weighted by Gasteiger charge is 2.32. The molecule has 2 rings (SSSR count). The van der Waals surface area contributed by atoms with Crippen molar-refractivity contribution in [3.05, 3.63) is 47.5 Å². The van der Waals surface area contributed by atoms with E-state index < -0.39 is 11.7 Å². The molecule has 0 atom stereocenters. The van der Waals surface area contributed by atoms with Gasteiger partial charge in [-0.15, -0.1) is 0 Å². The van der Waals surface area contributed by atoms with Crippen molar-refractivity contribution in [1.82, 2.24) is 0 Å². The average molecular weight is 210 g/mol. The van der Waals surface area contributed by atoms with Crippen molar-refractivity contribution in [3.63, 3.8) is 0 Å². The van der Waals surface area contributed by atoms with Crippen LogP contribution in [0.5, 0.6) is 0 Å². The molecule has 2 aromatic rings. The molecule has 0 nitrogen and oxygen atoms in total. The van der Waals surface area contributed by atoms with Crippen molar-refractivity contribution in [2.24, 2.45) is 0 Å². The summed E-state index contributed by atoms with van der Waals surface area (Å²) in [7, 11) is 0. The summed E-state index contributed by atoms with van der Waals surface area (Å²) >= 11 is 0. The van der Waals surface area contributed by atoms with E-state index in [1.807, 2.05) is 13.0 Å². The largest absolute Gasteiger partial charge is 0.417 e. The van der Waals surface area contributed by atoms with E-state index in [0.29, 0.717) is 5.39 Å². The fourth-order valence-corrected chi connectivity index (χ4v) is 1.71. The SMILES string of the molecule is Cc1cccc2c(C(F)(F)F)cccc12. The van der Waals surface area contributed by atoms with Gasteiger partial charge in [-0.1, -0.05) is 30.3 Å². The molecule has 0 saturated heterocycles. The first kappa shape index (κ1) is 10.0. The highest BCUT2D eigenvalue weighted by atomic mass is 19.4. The van der Waals surface area contributed by atoms with Crippen molar-refractivity contribution in [2.75, 3.05) is 0 Å². The van der Waals surface area contributed by atoms with Crippen molar-refractivity contribution >= 4 is 10.8 Å². The minimum atomic E-state index is -4.28. The number of alkyl halides is 3. The van der Waals surface area contributed by atoms with Crippen LogP contribution in [0.25, 0.3) is 10.8 Å². The monoisotopic (exact) mass is 210 g/mol. The summed E-state index contributed by atoms with van der Waals surface area (Å²) in [5.41, 5.74) is 0.294. The van der Waals surface area contributed by atoms with Crippen LogP contribution in [0.1, 0.15) is 11.1 Å². The molecule has 0 saturated carbocycles. The van der Waals surface area contributed by atoms with Gasteiger partial charge in [-0.2, -0.15) is 13.2 Å². The average Bonchev–Trinajstić information content (AvgIpc) is 2.16. The van der Waals surface area contributed by atoms with Crippen molar-refractivity contribution in [1.29, 1.82) is 0 Å². The molecular weight excluding hydrogens is 201 g/mol. The zero-order valence-corrected chi connectivity index (χ0v) is 8.10. The van der Waals surface area contributed by atoms with E-state index in [1.165, 1.54) is 12.1 Å². The molecule has 0 aliphatic carbocycles. The third-order valence-corrected chi connectivity index (χ3v) is 2.45. The predicted octanol–water partition coefficient (Wildman–Crippen LogP) is 4.17. The number of fused-ring (bicyclic) bond motifs is 1. The molecule has 0 radical (unpaired) electrons. The van der Waals surface area contributed by atoms with Gasteiger partial charge in [-0.3, -0.25) is 0 Å². The normalized spacial score (nSPS) is 12.0. The summed E-state index contributed by atoms with van der Waals surface area (Å²) in [5, 5.41) is 0.928. The molecular formula is C12H9F3. The second kappa shape index (κ2) is 3.26. The summed E-state index contributed by atoms with van der Waals surface area (Å²) in [6, 6.07) is 9.22. The quantitative estimate of drug-likeness (QED) is 0.612. The molecule has 15 heavy (non-hydrogen) atoms. The highest BCUT2D eigenvalue weighted by Crippen LogP contribution is 2.35. The lowest BCUT2D eigenvalue weighted by Crippen LogP contribution is -2.05. The molecule has 0 aromatic heterocycles. The van der Waals surface area contributed by atoms with E-state index in [-0.39, 0.29) is 5.39 Å². The molecule has 0 amide bonds. The minimum absolute atomic E-state index is 0.269. The van der Waals surface area contributed by atoms with E-state index in [0.717, 1.165) is 11.6 Å². The summed E-state index contributed by atoms with van der Waals surface area (Å²) in [6.45, 7) is 1.81. The Kier molecular flexibility index (Phi) is 2.18. The smallest absolute Gasteiger partial charge is 0.166 e. The van der Waals surface area contributed by atoms with Gasteiger partial charge in [0.1, 0.15) is 0 Å². The lowest BCUT2D eigenvalue weighted by Gasteiger charge is -2.11. The molecule has 0 aliphatic heterocycles. The minimum Gasteiger partial charge on any atom is -0.166 e. The molecule has 0 fully saturated rings. The van der Waals surface area contributed by atoms with Crippen LogP contribution in [0.15, 0.2) is 36.4 Å². The van der Waals surface area contributed by atoms with Gasteiger partial charge in [0.05, 0.1) is 5.56 Å². The molecule has 0 heterocycles. The number of aryl methyl sites for hydroxylation is 1. The van der Waals surface area contributed by atoms with E-state index in [9.17, 15) is 13.2 Å². The summed E-state index contributed by atoms with van der Waals surface area (Å²) in [4.78, 5) is 0. The Morgan fingerprint density at radius 1 is 0.867 bits per heavy atom. The van der Waals surface area contributed by atoms with Gasteiger partial charge in [0.2, 0.25) is 0 Å². The molecule has 0 aliphatic rings. The second-order valence-corrected chi connectivity index (χ2v) is 3.47. The van der Waals surface area contributed by atoms with Crippen molar-refractivity contribution in [3.8, 4) is 0 Å². The first-order chi connectivity index (χ1) is 7.00. The van der Waals surface area contributed by atoms with E-state index in [1.54, 1.807) is 12.1 Å². The Labute approximate surface area is 85.3 Å². The molecule has 0 spiro atoms. The fraction of sp³-hybridized carbons (Fsp3) is 0.167. The number of rotatable bonds is 0. The molecule has 0 N–H and O–H groups in total. The second-order valence-electron chi connectivity index (χ2n) is 3.47. The van der Waals surface area contributed by atoms with Crippen LogP contribution < -0.4 is 0 Å². The third-order valence-electron chi connectivity index (χ3n) is 2.45. The maximum Gasteiger partial charge on any atom is 0.417 e. The van der Waals surface area contributed by atoms with Crippen molar-refractivity contribution < 1.29 is 13.2 Å². The standard InChI is InChI=1S/C12H9F3/c1-8-4-2-6-10-9(8)5-3-7-11(10)12(13,14)15/h2-7H,1H3. The molecule has 3 heteroatoms. The molecule has 2 aromatic carbocycles. The Bertz CT molecular complexity index is 498. The first-order valence-electron chi connectivity index (χ1n) is 4.55. The zero-order chi connectivity index (χ0) is 11.1. The van der Waals surface area contributed by atoms with Crippen LogP contribution in [0.3, 0.4) is 0 Å². The van der Waals surface area contributed by atoms with Gasteiger partial charge < -0.3 is 0 Å². The number of halogens is 3. The van der Waals surface area contributed by atoms with Gasteiger partial charge in [0, 0.05) is 0 Å². The topological polar surface area (TPSA) is 0 Å². The van der Waals surface area contributed by atoms with Gasteiger partial charge in [0.15, 0.2) is 0 Å². The van der Waals surface area contributed by atoms with Crippen LogP contribution in [0.2, 0.25) is 0 Å². The van der Waals surface area contributed by atoms with Gasteiger partial charge in [-0.05, 0) is 29.3 Å². The van der Waals surface area contributed by atoms with E-state index in [4.69, 9.17) is 0 Å². The summed E-state index contributed by atoms with van der Waals surface area (Å²) < 4.78 is 37.9. The number of benzene rings is 2. The summed E-state index contributed by atoms with van der Waals surface area (Å²) in [5.74, 6) is 0. The van der Waals surface area contributed by atoms with Crippen LogP contribution >= 0.6 is 0 Å². The van der Waals surface area contributed by atoms with Crippen LogP contribution in [-0.2, 0) is 6.18 Å². The Morgan fingerprint density at radius 2 is 1.47 bits per heavy atom. The highest BCUT2D eigenvalue weighted by molar-refractivity contribution is 5.88. The lowest BCUT2D eigenvalue weighted by atomic mass is 10.0. The van der Waals surface area contributed by atoms with Gasteiger partial charge in [0.25, 0.3) is 0 Å². The van der Waals surface area contributed by atoms with E-state index in [2.05, 4.69) is 0 Å². The van der Waals surface area contributed by atoms with Crippen LogP contribution in [-0.4, -0.2) is 0 Å². The molecule has 0 bridgehead atoms. The van der Waals surface area contributed by atoms with Gasteiger partial charge >= 0.3 is 6.18 Å². The fourth-order valence-electron chi connectivity index (χ4n) is 1.71. The number of hydrogen-bond acceptors (Lipinski definition) is 0.